The number of thiazole rings is 1. The normalized spacial score (nSPS) is 12.7. The van der Waals surface area contributed by atoms with Crippen molar-refractivity contribution < 1.29 is 8.78 Å². The van der Waals surface area contributed by atoms with Gasteiger partial charge in [-0.3, -0.25) is 5.84 Å². The molecule has 1 atom stereocenters. The van der Waals surface area contributed by atoms with Crippen LogP contribution in [0.4, 0.5) is 8.78 Å². The molecule has 0 aliphatic carbocycles. The average molecular weight is 241 g/mol. The van der Waals surface area contributed by atoms with Gasteiger partial charge in [0, 0.05) is 10.9 Å². The van der Waals surface area contributed by atoms with Gasteiger partial charge in [0.05, 0.1) is 17.2 Å². The van der Waals surface area contributed by atoms with Crippen molar-refractivity contribution in [1.29, 1.82) is 0 Å². The maximum atomic E-state index is 13.5. The predicted molar refractivity (Wildman–Crippen MR) is 57.6 cm³/mol. The molecular formula is C10H9F2N3S. The smallest absolute Gasteiger partial charge is 0.128 e. The van der Waals surface area contributed by atoms with Crippen LogP contribution in [0.3, 0.4) is 0 Å². The lowest BCUT2D eigenvalue weighted by Crippen LogP contribution is -2.29. The molecule has 0 fully saturated rings. The van der Waals surface area contributed by atoms with Crippen LogP contribution in [0.5, 0.6) is 0 Å². The van der Waals surface area contributed by atoms with E-state index in [0.29, 0.717) is 5.69 Å². The molecule has 84 valence electrons. The largest absolute Gasteiger partial charge is 0.271 e. The van der Waals surface area contributed by atoms with Crippen molar-refractivity contribution in [3.05, 3.63) is 52.0 Å². The second kappa shape index (κ2) is 4.65. The van der Waals surface area contributed by atoms with Gasteiger partial charge in [-0.25, -0.2) is 19.2 Å². The summed E-state index contributed by atoms with van der Waals surface area (Å²) in [5.41, 5.74) is 4.75. The topological polar surface area (TPSA) is 50.9 Å². The minimum Gasteiger partial charge on any atom is -0.271 e. The fourth-order valence-electron chi connectivity index (χ4n) is 1.43. The summed E-state index contributed by atoms with van der Waals surface area (Å²) in [4.78, 5) is 4.02. The molecule has 3 nitrogen and oxygen atoms in total. The van der Waals surface area contributed by atoms with Gasteiger partial charge >= 0.3 is 0 Å². The lowest BCUT2D eigenvalue weighted by atomic mass is 10.0. The monoisotopic (exact) mass is 241 g/mol. The first-order chi connectivity index (χ1) is 7.72. The summed E-state index contributed by atoms with van der Waals surface area (Å²) in [7, 11) is 0. The minimum atomic E-state index is -0.637. The molecule has 0 radical (unpaired) electrons. The molecule has 1 heterocycles. The number of nitrogens with zero attached hydrogens (tertiary/aromatic N) is 1. The molecule has 1 aromatic heterocycles. The molecule has 2 rings (SSSR count). The number of hydrazine groups is 1. The van der Waals surface area contributed by atoms with Gasteiger partial charge in [0.1, 0.15) is 11.6 Å². The van der Waals surface area contributed by atoms with E-state index in [1.165, 1.54) is 11.3 Å². The van der Waals surface area contributed by atoms with Crippen LogP contribution in [0, 0.1) is 11.6 Å². The summed E-state index contributed by atoms with van der Waals surface area (Å²) in [6.45, 7) is 0. The Kier molecular flexibility index (Phi) is 3.23. The molecular weight excluding hydrogens is 232 g/mol. The zero-order chi connectivity index (χ0) is 11.5. The van der Waals surface area contributed by atoms with Crippen molar-refractivity contribution >= 4 is 11.3 Å². The third-order valence-corrected chi connectivity index (χ3v) is 2.79. The molecule has 3 N–H and O–H groups in total. The van der Waals surface area contributed by atoms with Crippen LogP contribution in [0.15, 0.2) is 29.1 Å². The van der Waals surface area contributed by atoms with E-state index >= 15 is 0 Å². The molecule has 16 heavy (non-hydrogen) atoms. The van der Waals surface area contributed by atoms with Gasteiger partial charge in [0.15, 0.2) is 0 Å². The number of aromatic nitrogens is 1. The zero-order valence-corrected chi connectivity index (χ0v) is 8.97. The summed E-state index contributed by atoms with van der Waals surface area (Å²) in [6, 6.07) is 2.61. The molecule has 0 aliphatic rings. The lowest BCUT2D eigenvalue weighted by molar-refractivity contribution is 0.541. The first kappa shape index (κ1) is 11.1. The Morgan fingerprint density at radius 1 is 1.38 bits per heavy atom. The van der Waals surface area contributed by atoms with Crippen molar-refractivity contribution in [2.24, 2.45) is 5.84 Å². The van der Waals surface area contributed by atoms with Crippen molar-refractivity contribution in [2.45, 2.75) is 6.04 Å². The maximum absolute atomic E-state index is 13.5. The third-order valence-electron chi connectivity index (χ3n) is 2.18. The number of rotatable bonds is 3. The van der Waals surface area contributed by atoms with E-state index in [2.05, 4.69) is 10.4 Å². The average Bonchev–Trinajstić information content (AvgIpc) is 2.78. The van der Waals surface area contributed by atoms with Crippen molar-refractivity contribution in [3.63, 3.8) is 0 Å². The Morgan fingerprint density at radius 2 is 2.19 bits per heavy atom. The van der Waals surface area contributed by atoms with Gasteiger partial charge in [0.25, 0.3) is 0 Å². The zero-order valence-electron chi connectivity index (χ0n) is 8.15. The highest BCUT2D eigenvalue weighted by Gasteiger charge is 2.18. The number of nitrogens with one attached hydrogen (secondary N) is 1. The number of halogens is 2. The van der Waals surface area contributed by atoms with Crippen molar-refractivity contribution in [2.75, 3.05) is 0 Å². The Hall–Kier alpha value is -1.37. The molecule has 0 spiro atoms. The Morgan fingerprint density at radius 3 is 2.81 bits per heavy atom. The van der Waals surface area contributed by atoms with Crippen LogP contribution in [0.1, 0.15) is 17.3 Å². The molecule has 6 heteroatoms. The van der Waals surface area contributed by atoms with Crippen LogP contribution in [0.25, 0.3) is 0 Å². The second-order valence-electron chi connectivity index (χ2n) is 3.18. The molecule has 0 saturated carbocycles. The van der Waals surface area contributed by atoms with Crippen molar-refractivity contribution in [3.8, 4) is 0 Å². The van der Waals surface area contributed by atoms with Gasteiger partial charge in [-0.15, -0.1) is 11.3 Å². The molecule has 0 aliphatic heterocycles. The molecule has 1 aromatic carbocycles. The van der Waals surface area contributed by atoms with Crippen LogP contribution in [0.2, 0.25) is 0 Å². The van der Waals surface area contributed by atoms with Crippen LogP contribution >= 0.6 is 11.3 Å². The highest BCUT2D eigenvalue weighted by molar-refractivity contribution is 7.07. The van der Waals surface area contributed by atoms with Gasteiger partial charge in [-0.05, 0) is 18.2 Å². The van der Waals surface area contributed by atoms with E-state index < -0.39 is 17.7 Å². The first-order valence-electron chi connectivity index (χ1n) is 4.51. The molecule has 1 unspecified atom stereocenters. The highest BCUT2D eigenvalue weighted by atomic mass is 32.1. The standard InChI is InChI=1S/C10H9F2N3S/c11-6-1-2-8(12)7(3-6)10(15-13)9-4-16-5-14-9/h1-5,10,15H,13H2. The van der Waals surface area contributed by atoms with Crippen LogP contribution in [-0.4, -0.2) is 4.98 Å². The number of nitrogens with two attached hydrogens (primary N) is 1. The molecule has 0 saturated heterocycles. The first-order valence-corrected chi connectivity index (χ1v) is 5.46. The highest BCUT2D eigenvalue weighted by Crippen LogP contribution is 2.24. The van der Waals surface area contributed by atoms with E-state index in [9.17, 15) is 8.78 Å². The Bertz CT molecular complexity index is 473. The summed E-state index contributed by atoms with van der Waals surface area (Å²) in [5, 5.41) is 1.73. The van der Waals surface area contributed by atoms with Gasteiger partial charge in [-0.2, -0.15) is 0 Å². The summed E-state index contributed by atoms with van der Waals surface area (Å²) in [5.74, 6) is 4.32. The number of benzene rings is 1. The van der Waals surface area contributed by atoms with Crippen LogP contribution in [-0.2, 0) is 0 Å². The fraction of sp³-hybridized carbons (Fsp3) is 0.100. The summed E-state index contributed by atoms with van der Waals surface area (Å²) < 4.78 is 26.5. The lowest BCUT2D eigenvalue weighted by Gasteiger charge is -2.14. The fourth-order valence-corrected chi connectivity index (χ4v) is 2.01. The van der Waals surface area contributed by atoms with Crippen molar-refractivity contribution in [1.82, 2.24) is 10.4 Å². The van der Waals surface area contributed by atoms with Gasteiger partial charge in [0.2, 0.25) is 0 Å². The molecule has 0 amide bonds. The maximum Gasteiger partial charge on any atom is 0.128 e. The van der Waals surface area contributed by atoms with Crippen LogP contribution < -0.4 is 11.3 Å². The minimum absolute atomic E-state index is 0.147. The third kappa shape index (κ3) is 2.08. The second-order valence-corrected chi connectivity index (χ2v) is 3.90. The molecule has 0 bridgehead atoms. The quantitative estimate of drug-likeness (QED) is 0.638. The Labute approximate surface area is 94.9 Å². The van der Waals surface area contributed by atoms with Gasteiger partial charge in [-0.1, -0.05) is 0 Å². The van der Waals surface area contributed by atoms with E-state index in [1.807, 2.05) is 0 Å². The summed E-state index contributed by atoms with van der Waals surface area (Å²) in [6.07, 6.45) is 0. The van der Waals surface area contributed by atoms with E-state index in [0.717, 1.165) is 18.2 Å². The SMILES string of the molecule is NNC(c1cscn1)c1cc(F)ccc1F. The van der Waals surface area contributed by atoms with E-state index in [-0.39, 0.29) is 5.56 Å². The number of hydrogen-bond acceptors (Lipinski definition) is 4. The van der Waals surface area contributed by atoms with E-state index in [4.69, 9.17) is 5.84 Å². The van der Waals surface area contributed by atoms with E-state index in [1.54, 1.807) is 10.9 Å². The Balaban J connectivity index is 2.44. The molecule has 2 aromatic rings. The van der Waals surface area contributed by atoms with Gasteiger partial charge < -0.3 is 0 Å². The number of hydrogen-bond donors (Lipinski definition) is 2. The summed E-state index contributed by atoms with van der Waals surface area (Å²) >= 11 is 1.37. The predicted octanol–water partition coefficient (Wildman–Crippen LogP) is 1.97.